The lowest BCUT2D eigenvalue weighted by molar-refractivity contribution is 0.0697. The van der Waals surface area contributed by atoms with Crippen molar-refractivity contribution < 1.29 is 9.90 Å². The fraction of sp³-hybridized carbons (Fsp3) is 0.125. The first kappa shape index (κ1) is 13.6. The van der Waals surface area contributed by atoms with Gasteiger partial charge >= 0.3 is 5.97 Å². The number of carboxylic acids is 1. The Bertz CT molecular complexity index is 715. The van der Waals surface area contributed by atoms with Crippen LogP contribution in [0.3, 0.4) is 0 Å². The fourth-order valence-corrected chi connectivity index (χ4v) is 1.91. The number of aryl methyl sites for hydroxylation is 2. The highest BCUT2D eigenvalue weighted by atomic mass is 16.4. The first-order chi connectivity index (χ1) is 9.51. The zero-order chi connectivity index (χ0) is 14.7. The van der Waals surface area contributed by atoms with Crippen LogP contribution in [-0.4, -0.2) is 11.1 Å². The number of rotatable bonds is 3. The third kappa shape index (κ3) is 2.78. The summed E-state index contributed by atoms with van der Waals surface area (Å²) in [6, 6.07) is 12.4. The molecular formula is C16H14N2O2. The summed E-state index contributed by atoms with van der Waals surface area (Å²) in [5, 5.41) is 21.1. The van der Waals surface area contributed by atoms with E-state index in [-0.39, 0.29) is 5.56 Å². The summed E-state index contributed by atoms with van der Waals surface area (Å²) in [6.45, 7) is 3.79. The van der Waals surface area contributed by atoms with Gasteiger partial charge in [0.15, 0.2) is 0 Å². The molecule has 0 unspecified atom stereocenters. The van der Waals surface area contributed by atoms with Gasteiger partial charge in [-0.3, -0.25) is 0 Å². The van der Waals surface area contributed by atoms with Gasteiger partial charge in [0.1, 0.15) is 0 Å². The second-order valence-corrected chi connectivity index (χ2v) is 4.60. The van der Waals surface area contributed by atoms with Crippen LogP contribution in [0.25, 0.3) is 0 Å². The summed E-state index contributed by atoms with van der Waals surface area (Å²) in [4.78, 5) is 10.9. The summed E-state index contributed by atoms with van der Waals surface area (Å²) in [7, 11) is 0. The maximum Gasteiger partial charge on any atom is 0.335 e. The number of aromatic carboxylic acids is 1. The van der Waals surface area contributed by atoms with Gasteiger partial charge in [0.25, 0.3) is 0 Å². The molecule has 0 fully saturated rings. The van der Waals surface area contributed by atoms with Gasteiger partial charge in [-0.05, 0) is 55.3 Å². The third-order valence-corrected chi connectivity index (χ3v) is 3.11. The number of hydrogen-bond acceptors (Lipinski definition) is 3. The molecule has 4 nitrogen and oxygen atoms in total. The van der Waals surface area contributed by atoms with Crippen LogP contribution in [0.15, 0.2) is 36.4 Å². The number of hydrogen-bond donors (Lipinski definition) is 2. The van der Waals surface area contributed by atoms with Gasteiger partial charge in [0.05, 0.1) is 17.2 Å². The number of carbonyl (C=O) groups is 1. The molecule has 0 aliphatic rings. The summed E-state index contributed by atoms with van der Waals surface area (Å²) in [5.74, 6) is -0.942. The van der Waals surface area contributed by atoms with Crippen molar-refractivity contribution in [2.45, 2.75) is 13.8 Å². The normalized spacial score (nSPS) is 9.85. The predicted molar refractivity (Wildman–Crippen MR) is 77.3 cm³/mol. The van der Waals surface area contributed by atoms with Crippen molar-refractivity contribution in [2.24, 2.45) is 0 Å². The third-order valence-electron chi connectivity index (χ3n) is 3.11. The van der Waals surface area contributed by atoms with Crippen LogP contribution in [0.1, 0.15) is 27.0 Å². The van der Waals surface area contributed by atoms with Gasteiger partial charge in [-0.1, -0.05) is 6.07 Å². The molecule has 0 amide bonds. The Morgan fingerprint density at radius 3 is 2.45 bits per heavy atom. The van der Waals surface area contributed by atoms with E-state index in [1.54, 1.807) is 30.3 Å². The second kappa shape index (κ2) is 5.45. The van der Waals surface area contributed by atoms with E-state index in [0.717, 1.165) is 22.5 Å². The number of anilines is 2. The van der Waals surface area contributed by atoms with Gasteiger partial charge in [-0.15, -0.1) is 0 Å². The smallest absolute Gasteiger partial charge is 0.335 e. The number of nitrogens with zero attached hydrogens (tertiary/aromatic N) is 1. The Kier molecular flexibility index (Phi) is 3.72. The van der Waals surface area contributed by atoms with Crippen LogP contribution < -0.4 is 5.32 Å². The van der Waals surface area contributed by atoms with Crippen molar-refractivity contribution in [1.82, 2.24) is 0 Å². The van der Waals surface area contributed by atoms with Gasteiger partial charge < -0.3 is 10.4 Å². The fourth-order valence-electron chi connectivity index (χ4n) is 1.91. The number of nitrogens with one attached hydrogen (secondary N) is 1. The second-order valence-electron chi connectivity index (χ2n) is 4.60. The largest absolute Gasteiger partial charge is 0.478 e. The SMILES string of the molecule is Cc1cc(C(=O)O)ccc1Nc1cc(C#N)ccc1C. The Morgan fingerprint density at radius 1 is 1.10 bits per heavy atom. The number of benzene rings is 2. The monoisotopic (exact) mass is 266 g/mol. The lowest BCUT2D eigenvalue weighted by Crippen LogP contribution is -2.00. The molecule has 0 aromatic heterocycles. The minimum Gasteiger partial charge on any atom is -0.478 e. The molecule has 0 saturated heterocycles. The summed E-state index contributed by atoms with van der Waals surface area (Å²) in [6.07, 6.45) is 0. The molecule has 0 atom stereocenters. The van der Waals surface area contributed by atoms with Crippen molar-refractivity contribution in [3.8, 4) is 6.07 Å². The first-order valence-electron chi connectivity index (χ1n) is 6.13. The average molecular weight is 266 g/mol. The molecule has 0 spiro atoms. The van der Waals surface area contributed by atoms with E-state index in [4.69, 9.17) is 10.4 Å². The van der Waals surface area contributed by atoms with Crippen LogP contribution in [0.5, 0.6) is 0 Å². The van der Waals surface area contributed by atoms with E-state index in [1.807, 2.05) is 19.9 Å². The van der Waals surface area contributed by atoms with Crippen molar-refractivity contribution in [1.29, 1.82) is 5.26 Å². The zero-order valence-electron chi connectivity index (χ0n) is 11.3. The van der Waals surface area contributed by atoms with Crippen LogP contribution in [0, 0.1) is 25.2 Å². The Labute approximate surface area is 117 Å². The Morgan fingerprint density at radius 2 is 1.85 bits per heavy atom. The van der Waals surface area contributed by atoms with Gasteiger partial charge in [0.2, 0.25) is 0 Å². The van der Waals surface area contributed by atoms with Crippen molar-refractivity contribution >= 4 is 17.3 Å². The van der Waals surface area contributed by atoms with Crippen LogP contribution in [-0.2, 0) is 0 Å². The van der Waals surface area contributed by atoms with E-state index >= 15 is 0 Å². The van der Waals surface area contributed by atoms with E-state index in [9.17, 15) is 4.79 Å². The molecule has 20 heavy (non-hydrogen) atoms. The van der Waals surface area contributed by atoms with E-state index in [2.05, 4.69) is 11.4 Å². The van der Waals surface area contributed by atoms with Crippen molar-refractivity contribution in [3.05, 3.63) is 58.7 Å². The number of carboxylic acid groups (broad SMARTS) is 1. The van der Waals surface area contributed by atoms with E-state index in [1.165, 1.54) is 0 Å². The molecule has 4 heteroatoms. The lowest BCUT2D eigenvalue weighted by Gasteiger charge is -2.12. The van der Waals surface area contributed by atoms with Gasteiger partial charge in [0, 0.05) is 11.4 Å². The molecule has 100 valence electrons. The predicted octanol–water partition coefficient (Wildman–Crippen LogP) is 3.62. The standard InChI is InChI=1S/C16H14N2O2/c1-10-3-4-12(9-17)8-15(10)18-14-6-5-13(16(19)20)7-11(14)2/h3-8,18H,1-2H3,(H,19,20). The van der Waals surface area contributed by atoms with Crippen molar-refractivity contribution in [2.75, 3.05) is 5.32 Å². The molecule has 0 radical (unpaired) electrons. The average Bonchev–Trinajstić information content (AvgIpc) is 2.43. The van der Waals surface area contributed by atoms with Gasteiger partial charge in [-0.25, -0.2) is 4.79 Å². The van der Waals surface area contributed by atoms with Crippen molar-refractivity contribution in [3.63, 3.8) is 0 Å². The highest BCUT2D eigenvalue weighted by Crippen LogP contribution is 2.25. The molecule has 0 bridgehead atoms. The highest BCUT2D eigenvalue weighted by molar-refractivity contribution is 5.88. The Hall–Kier alpha value is -2.80. The molecule has 0 saturated carbocycles. The Balaban J connectivity index is 2.35. The van der Waals surface area contributed by atoms with E-state index < -0.39 is 5.97 Å². The maximum absolute atomic E-state index is 10.9. The van der Waals surface area contributed by atoms with Crippen LogP contribution in [0.4, 0.5) is 11.4 Å². The minimum absolute atomic E-state index is 0.260. The summed E-state index contributed by atoms with van der Waals surface area (Å²) >= 11 is 0. The molecule has 0 aliphatic heterocycles. The highest BCUT2D eigenvalue weighted by Gasteiger charge is 2.07. The van der Waals surface area contributed by atoms with Gasteiger partial charge in [-0.2, -0.15) is 5.26 Å². The first-order valence-corrected chi connectivity index (χ1v) is 6.13. The summed E-state index contributed by atoms with van der Waals surface area (Å²) in [5.41, 5.74) is 4.37. The lowest BCUT2D eigenvalue weighted by atomic mass is 10.1. The molecule has 2 N–H and O–H groups in total. The molecule has 0 aliphatic carbocycles. The zero-order valence-corrected chi connectivity index (χ0v) is 11.3. The molecule has 0 heterocycles. The van der Waals surface area contributed by atoms with Crippen LogP contribution >= 0.6 is 0 Å². The minimum atomic E-state index is -0.942. The topological polar surface area (TPSA) is 73.1 Å². The summed E-state index contributed by atoms with van der Waals surface area (Å²) < 4.78 is 0. The van der Waals surface area contributed by atoms with Crippen LogP contribution in [0.2, 0.25) is 0 Å². The molecule has 2 aromatic rings. The number of nitriles is 1. The molecular weight excluding hydrogens is 252 g/mol. The quantitative estimate of drug-likeness (QED) is 0.889. The van der Waals surface area contributed by atoms with E-state index in [0.29, 0.717) is 5.56 Å². The maximum atomic E-state index is 10.9. The molecule has 2 aromatic carbocycles. The molecule has 2 rings (SSSR count).